The maximum atomic E-state index is 13.9. The summed E-state index contributed by atoms with van der Waals surface area (Å²) in [7, 11) is 1.44. The van der Waals surface area contributed by atoms with Gasteiger partial charge in [-0.25, -0.2) is 9.37 Å². The molecule has 0 bridgehead atoms. The van der Waals surface area contributed by atoms with Crippen molar-refractivity contribution in [3.05, 3.63) is 52.5 Å². The van der Waals surface area contributed by atoms with E-state index >= 15 is 0 Å². The lowest BCUT2D eigenvalue weighted by Crippen LogP contribution is -2.47. The Balaban J connectivity index is 1.50. The number of nitrogens with zero attached hydrogens (tertiary/aromatic N) is 6. The van der Waals surface area contributed by atoms with Crippen molar-refractivity contribution in [3.63, 3.8) is 0 Å². The molecule has 1 fully saturated rings. The van der Waals surface area contributed by atoms with Gasteiger partial charge in [0.15, 0.2) is 17.4 Å². The van der Waals surface area contributed by atoms with E-state index in [1.165, 1.54) is 23.9 Å². The molecule has 0 N–H and O–H groups in total. The van der Waals surface area contributed by atoms with Crippen molar-refractivity contribution in [2.75, 3.05) is 43.1 Å². The van der Waals surface area contributed by atoms with Crippen molar-refractivity contribution in [3.8, 4) is 5.75 Å². The van der Waals surface area contributed by atoms with Gasteiger partial charge in [-0.1, -0.05) is 9.61 Å². The third kappa shape index (κ3) is 3.09. The van der Waals surface area contributed by atoms with Crippen molar-refractivity contribution < 1.29 is 14.1 Å². The minimum atomic E-state index is -0.507. The SMILES string of the molecule is COc1ccc(N2CCN(c3ccc4ncc([N+](=O)[O-])n4n3)CC2)cc1F. The predicted octanol–water partition coefficient (Wildman–Crippen LogP) is 2.11. The monoisotopic (exact) mass is 372 g/mol. The quantitative estimate of drug-likeness (QED) is 0.512. The molecule has 0 spiro atoms. The highest BCUT2D eigenvalue weighted by Gasteiger charge is 2.22. The Morgan fingerprint density at radius 3 is 2.56 bits per heavy atom. The molecule has 1 aliphatic rings. The molecule has 0 atom stereocenters. The number of methoxy groups -OCH3 is 1. The van der Waals surface area contributed by atoms with Crippen LogP contribution in [0.1, 0.15) is 0 Å². The molecule has 140 valence electrons. The van der Waals surface area contributed by atoms with Gasteiger partial charge in [0.2, 0.25) is 5.65 Å². The number of piperazine rings is 1. The largest absolute Gasteiger partial charge is 0.494 e. The number of aromatic nitrogens is 3. The summed E-state index contributed by atoms with van der Waals surface area (Å²) >= 11 is 0. The molecule has 1 aliphatic heterocycles. The second kappa shape index (κ2) is 6.71. The lowest BCUT2D eigenvalue weighted by atomic mass is 10.2. The zero-order valence-electron chi connectivity index (χ0n) is 14.6. The summed E-state index contributed by atoms with van der Waals surface area (Å²) in [6, 6.07) is 8.42. The second-order valence-electron chi connectivity index (χ2n) is 6.13. The Kier molecular flexibility index (Phi) is 4.22. The van der Waals surface area contributed by atoms with Crippen molar-refractivity contribution in [2.45, 2.75) is 0 Å². The van der Waals surface area contributed by atoms with E-state index in [9.17, 15) is 14.5 Å². The van der Waals surface area contributed by atoms with Crippen molar-refractivity contribution >= 4 is 23.0 Å². The number of fused-ring (bicyclic) bond motifs is 1. The summed E-state index contributed by atoms with van der Waals surface area (Å²) in [5.74, 6) is 0.303. The predicted molar refractivity (Wildman–Crippen MR) is 97.0 cm³/mol. The minimum Gasteiger partial charge on any atom is -0.494 e. The van der Waals surface area contributed by atoms with E-state index in [2.05, 4.69) is 15.0 Å². The smallest absolute Gasteiger partial charge is 0.368 e. The van der Waals surface area contributed by atoms with E-state index in [-0.39, 0.29) is 11.6 Å². The van der Waals surface area contributed by atoms with Crippen LogP contribution < -0.4 is 14.5 Å². The number of benzene rings is 1. The molecule has 0 saturated carbocycles. The molecule has 0 radical (unpaired) electrons. The van der Waals surface area contributed by atoms with Gasteiger partial charge >= 0.3 is 5.82 Å². The lowest BCUT2D eigenvalue weighted by molar-refractivity contribution is -0.391. The molecule has 2 aromatic heterocycles. The molecule has 27 heavy (non-hydrogen) atoms. The first-order chi connectivity index (χ1) is 13.1. The Morgan fingerprint density at radius 1 is 1.15 bits per heavy atom. The first-order valence-electron chi connectivity index (χ1n) is 8.39. The topological polar surface area (TPSA) is 89.0 Å². The standard InChI is InChI=1S/C17H17FN6O3/c1-27-14-3-2-12(10-13(14)18)21-6-8-22(9-7-21)16-5-4-15-19-11-17(24(25)26)23(15)20-16/h2-5,10-11H,6-9H2,1H3. The number of hydrogen-bond donors (Lipinski definition) is 0. The fraction of sp³-hybridized carbons (Fsp3) is 0.294. The molecule has 1 saturated heterocycles. The van der Waals surface area contributed by atoms with Crippen LogP contribution in [0.15, 0.2) is 36.5 Å². The van der Waals surface area contributed by atoms with Gasteiger partial charge in [-0.15, -0.1) is 0 Å². The molecule has 10 heteroatoms. The van der Waals surface area contributed by atoms with Gasteiger partial charge in [0, 0.05) is 44.0 Å². The molecule has 0 aliphatic carbocycles. The van der Waals surface area contributed by atoms with Crippen molar-refractivity contribution in [1.82, 2.24) is 14.6 Å². The molecule has 1 aromatic carbocycles. The summed E-state index contributed by atoms with van der Waals surface area (Å²) in [5, 5.41) is 15.4. The number of hydrogen-bond acceptors (Lipinski definition) is 7. The van der Waals surface area contributed by atoms with Gasteiger partial charge in [-0.05, 0) is 23.1 Å². The maximum Gasteiger partial charge on any atom is 0.368 e. The fourth-order valence-corrected chi connectivity index (χ4v) is 3.19. The van der Waals surface area contributed by atoms with E-state index in [0.29, 0.717) is 37.6 Å². The van der Waals surface area contributed by atoms with Gasteiger partial charge in [0.25, 0.3) is 0 Å². The highest BCUT2D eigenvalue weighted by Crippen LogP contribution is 2.25. The average molecular weight is 372 g/mol. The molecule has 9 nitrogen and oxygen atoms in total. The van der Waals surface area contributed by atoms with Crippen LogP contribution in [0.4, 0.5) is 21.7 Å². The van der Waals surface area contributed by atoms with Gasteiger partial charge in [-0.2, -0.15) is 0 Å². The first-order valence-corrected chi connectivity index (χ1v) is 8.39. The Bertz CT molecular complexity index is 999. The number of anilines is 2. The van der Waals surface area contributed by atoms with Crippen molar-refractivity contribution in [1.29, 1.82) is 0 Å². The van der Waals surface area contributed by atoms with Gasteiger partial charge in [0.05, 0.1) is 7.11 Å². The van der Waals surface area contributed by atoms with E-state index in [4.69, 9.17) is 4.74 Å². The Hall–Kier alpha value is -3.43. The summed E-state index contributed by atoms with van der Waals surface area (Å²) < 4.78 is 20.1. The molecule has 0 amide bonds. The maximum absolute atomic E-state index is 13.9. The van der Waals surface area contributed by atoms with Gasteiger partial charge in [0.1, 0.15) is 6.20 Å². The van der Waals surface area contributed by atoms with Crippen LogP contribution in [0.2, 0.25) is 0 Å². The highest BCUT2D eigenvalue weighted by molar-refractivity contribution is 5.53. The molecule has 0 unspecified atom stereocenters. The first kappa shape index (κ1) is 17.0. The minimum absolute atomic E-state index is 0.167. The lowest BCUT2D eigenvalue weighted by Gasteiger charge is -2.36. The number of halogens is 1. The zero-order chi connectivity index (χ0) is 19.0. The second-order valence-corrected chi connectivity index (χ2v) is 6.13. The highest BCUT2D eigenvalue weighted by atomic mass is 19.1. The molecular formula is C17H17FN6O3. The molecular weight excluding hydrogens is 355 g/mol. The fourth-order valence-electron chi connectivity index (χ4n) is 3.19. The van der Waals surface area contributed by atoms with E-state index in [0.717, 1.165) is 5.69 Å². The normalized spacial score (nSPS) is 14.6. The van der Waals surface area contributed by atoms with Crippen LogP contribution >= 0.6 is 0 Å². The van der Waals surface area contributed by atoms with E-state index < -0.39 is 10.7 Å². The van der Waals surface area contributed by atoms with Crippen molar-refractivity contribution in [2.24, 2.45) is 0 Å². The number of nitro groups is 1. The number of imidazole rings is 1. The van der Waals surface area contributed by atoms with Crippen LogP contribution in [0.5, 0.6) is 5.75 Å². The third-order valence-corrected chi connectivity index (χ3v) is 4.62. The zero-order valence-corrected chi connectivity index (χ0v) is 14.6. The van der Waals surface area contributed by atoms with E-state index in [1.54, 1.807) is 18.2 Å². The van der Waals surface area contributed by atoms with Gasteiger partial charge < -0.3 is 24.7 Å². The molecule has 3 heterocycles. The average Bonchev–Trinajstić information content (AvgIpc) is 3.11. The van der Waals surface area contributed by atoms with Crippen LogP contribution in [0, 0.1) is 15.9 Å². The molecule has 4 rings (SSSR count). The summed E-state index contributed by atoms with van der Waals surface area (Å²) in [6.45, 7) is 2.68. The molecule has 3 aromatic rings. The van der Waals surface area contributed by atoms with Crippen LogP contribution in [-0.4, -0.2) is 52.8 Å². The third-order valence-electron chi connectivity index (χ3n) is 4.62. The summed E-state index contributed by atoms with van der Waals surface area (Å²) in [5.41, 5.74) is 1.22. The number of ether oxygens (including phenoxy) is 1. The van der Waals surface area contributed by atoms with Crippen LogP contribution in [0.25, 0.3) is 5.65 Å². The van der Waals surface area contributed by atoms with Crippen LogP contribution in [-0.2, 0) is 0 Å². The summed E-state index contributed by atoms with van der Waals surface area (Å²) in [6.07, 6.45) is 1.20. The van der Waals surface area contributed by atoms with E-state index in [1.807, 2.05) is 11.0 Å². The van der Waals surface area contributed by atoms with Gasteiger partial charge in [-0.3, -0.25) is 0 Å². The Labute approximate surface area is 153 Å². The summed E-state index contributed by atoms with van der Waals surface area (Å²) in [4.78, 5) is 18.7. The van der Waals surface area contributed by atoms with Crippen LogP contribution in [0.3, 0.4) is 0 Å². The Morgan fingerprint density at radius 2 is 1.89 bits per heavy atom. The number of rotatable bonds is 4.